The average molecular weight is 337 g/mol. The third-order valence-electron chi connectivity index (χ3n) is 3.65. The van der Waals surface area contributed by atoms with Gasteiger partial charge in [0.25, 0.3) is 5.91 Å². The predicted octanol–water partition coefficient (Wildman–Crippen LogP) is 3.49. The summed E-state index contributed by atoms with van der Waals surface area (Å²) in [6, 6.07) is 9.78. The lowest BCUT2D eigenvalue weighted by molar-refractivity contribution is 0.102. The fourth-order valence-corrected chi connectivity index (χ4v) is 2.46. The predicted molar refractivity (Wildman–Crippen MR) is 95.1 cm³/mol. The van der Waals surface area contributed by atoms with Gasteiger partial charge in [0.2, 0.25) is 0 Å². The van der Waals surface area contributed by atoms with Gasteiger partial charge in [-0.2, -0.15) is 0 Å². The number of anilines is 3. The van der Waals surface area contributed by atoms with E-state index in [1.165, 1.54) is 11.8 Å². The van der Waals surface area contributed by atoms with Crippen LogP contribution in [0.3, 0.4) is 0 Å². The summed E-state index contributed by atoms with van der Waals surface area (Å²) in [5, 5.41) is 6.35. The highest BCUT2D eigenvalue weighted by Crippen LogP contribution is 2.23. The highest BCUT2D eigenvalue weighted by atomic mass is 16.5. The van der Waals surface area contributed by atoms with E-state index in [-0.39, 0.29) is 11.6 Å². The van der Waals surface area contributed by atoms with Crippen molar-refractivity contribution in [3.8, 4) is 0 Å². The van der Waals surface area contributed by atoms with Crippen LogP contribution in [0.2, 0.25) is 0 Å². The van der Waals surface area contributed by atoms with Gasteiger partial charge in [-0.15, -0.1) is 0 Å². The smallest absolute Gasteiger partial charge is 0.277 e. The SMILES string of the molecule is CCN(c1cccc(C)c1)c1cnc(C(=O)Nc2cc(C)on2)cn1. The zero-order chi connectivity index (χ0) is 17.8. The minimum absolute atomic E-state index is 0.213. The van der Waals surface area contributed by atoms with Crippen LogP contribution < -0.4 is 10.2 Å². The van der Waals surface area contributed by atoms with Crippen molar-refractivity contribution in [3.05, 3.63) is 59.7 Å². The standard InChI is InChI=1S/C18H19N5O2/c1-4-23(14-7-5-6-12(2)8-14)17-11-19-15(10-20-17)18(24)21-16-9-13(3)25-22-16/h5-11H,4H2,1-3H3,(H,21,22,24). The number of carbonyl (C=O) groups excluding carboxylic acids is 1. The number of nitrogens with one attached hydrogen (secondary N) is 1. The number of aryl methyl sites for hydroxylation is 2. The van der Waals surface area contributed by atoms with Gasteiger partial charge in [-0.1, -0.05) is 17.3 Å². The summed E-state index contributed by atoms with van der Waals surface area (Å²) < 4.78 is 4.92. The lowest BCUT2D eigenvalue weighted by Crippen LogP contribution is -2.19. The maximum atomic E-state index is 12.2. The number of carbonyl (C=O) groups is 1. The molecule has 128 valence electrons. The molecule has 0 aliphatic heterocycles. The molecule has 0 atom stereocenters. The monoisotopic (exact) mass is 337 g/mol. The number of amides is 1. The molecule has 0 bridgehead atoms. The van der Waals surface area contributed by atoms with Crippen LogP contribution in [0.5, 0.6) is 0 Å². The first-order valence-corrected chi connectivity index (χ1v) is 7.97. The highest BCUT2D eigenvalue weighted by Gasteiger charge is 2.13. The molecule has 2 heterocycles. The van der Waals surface area contributed by atoms with Gasteiger partial charge in [-0.05, 0) is 38.5 Å². The number of hydrogen-bond donors (Lipinski definition) is 1. The minimum Gasteiger partial charge on any atom is -0.360 e. The quantitative estimate of drug-likeness (QED) is 0.767. The lowest BCUT2D eigenvalue weighted by atomic mass is 10.2. The van der Waals surface area contributed by atoms with Crippen molar-refractivity contribution in [3.63, 3.8) is 0 Å². The Morgan fingerprint density at radius 1 is 1.20 bits per heavy atom. The number of nitrogens with zero attached hydrogens (tertiary/aromatic N) is 4. The molecule has 0 spiro atoms. The summed E-state index contributed by atoms with van der Waals surface area (Å²) in [7, 11) is 0. The minimum atomic E-state index is -0.383. The molecule has 3 aromatic rings. The topological polar surface area (TPSA) is 84.2 Å². The van der Waals surface area contributed by atoms with Crippen molar-refractivity contribution in [1.29, 1.82) is 0 Å². The van der Waals surface area contributed by atoms with Crippen LogP contribution >= 0.6 is 0 Å². The van der Waals surface area contributed by atoms with Gasteiger partial charge in [-0.3, -0.25) is 4.79 Å². The Labute approximate surface area is 145 Å². The van der Waals surface area contributed by atoms with E-state index >= 15 is 0 Å². The Morgan fingerprint density at radius 3 is 2.64 bits per heavy atom. The van der Waals surface area contributed by atoms with Crippen LogP contribution in [0.25, 0.3) is 0 Å². The molecular formula is C18H19N5O2. The molecule has 2 aromatic heterocycles. The summed E-state index contributed by atoms with van der Waals surface area (Å²) in [6.07, 6.45) is 3.05. The maximum Gasteiger partial charge on any atom is 0.277 e. The van der Waals surface area contributed by atoms with Crippen molar-refractivity contribution in [2.45, 2.75) is 20.8 Å². The third-order valence-corrected chi connectivity index (χ3v) is 3.65. The van der Waals surface area contributed by atoms with E-state index in [1.54, 1.807) is 19.2 Å². The number of rotatable bonds is 5. The Bertz CT molecular complexity index is 873. The van der Waals surface area contributed by atoms with E-state index in [4.69, 9.17) is 4.52 Å². The first kappa shape index (κ1) is 16.6. The van der Waals surface area contributed by atoms with Gasteiger partial charge in [0.05, 0.1) is 12.4 Å². The summed E-state index contributed by atoms with van der Waals surface area (Å²) in [5.74, 6) is 1.27. The fraction of sp³-hybridized carbons (Fsp3) is 0.222. The van der Waals surface area contributed by atoms with Crippen molar-refractivity contribution < 1.29 is 9.32 Å². The van der Waals surface area contributed by atoms with Gasteiger partial charge in [0.15, 0.2) is 11.6 Å². The molecule has 0 aliphatic carbocycles. The van der Waals surface area contributed by atoms with E-state index in [9.17, 15) is 4.79 Å². The second-order valence-corrected chi connectivity index (χ2v) is 5.62. The molecule has 1 amide bonds. The number of hydrogen-bond acceptors (Lipinski definition) is 6. The van der Waals surface area contributed by atoms with E-state index in [0.29, 0.717) is 17.4 Å². The molecular weight excluding hydrogens is 318 g/mol. The normalized spacial score (nSPS) is 10.5. The lowest BCUT2D eigenvalue weighted by Gasteiger charge is -2.22. The highest BCUT2D eigenvalue weighted by molar-refractivity contribution is 6.02. The zero-order valence-corrected chi connectivity index (χ0v) is 14.4. The second kappa shape index (κ2) is 7.12. The van der Waals surface area contributed by atoms with E-state index in [2.05, 4.69) is 26.5 Å². The Balaban J connectivity index is 1.77. The average Bonchev–Trinajstić information content (AvgIpc) is 3.01. The van der Waals surface area contributed by atoms with Gasteiger partial charge in [0.1, 0.15) is 11.5 Å². The first-order chi connectivity index (χ1) is 12.1. The van der Waals surface area contributed by atoms with Gasteiger partial charge in [0, 0.05) is 18.3 Å². The molecule has 3 rings (SSSR count). The molecule has 1 N–H and O–H groups in total. The summed E-state index contributed by atoms with van der Waals surface area (Å²) >= 11 is 0. The van der Waals surface area contributed by atoms with E-state index in [0.717, 1.165) is 12.2 Å². The molecule has 0 unspecified atom stereocenters. The fourth-order valence-electron chi connectivity index (χ4n) is 2.46. The van der Waals surface area contributed by atoms with Crippen LogP contribution in [-0.2, 0) is 0 Å². The molecule has 0 radical (unpaired) electrons. The van der Waals surface area contributed by atoms with Crippen molar-refractivity contribution in [2.24, 2.45) is 0 Å². The van der Waals surface area contributed by atoms with Crippen molar-refractivity contribution >= 4 is 23.2 Å². The van der Waals surface area contributed by atoms with E-state index in [1.807, 2.05) is 36.9 Å². The molecule has 7 nitrogen and oxygen atoms in total. The van der Waals surface area contributed by atoms with Crippen LogP contribution in [-0.4, -0.2) is 27.6 Å². The summed E-state index contributed by atoms with van der Waals surface area (Å²) in [6.45, 7) is 6.57. The summed E-state index contributed by atoms with van der Waals surface area (Å²) in [5.41, 5.74) is 2.42. The van der Waals surface area contributed by atoms with E-state index < -0.39 is 0 Å². The number of benzene rings is 1. The molecule has 0 fully saturated rings. The molecule has 0 aliphatic rings. The van der Waals surface area contributed by atoms with Crippen LogP contribution in [0.1, 0.15) is 28.7 Å². The molecule has 25 heavy (non-hydrogen) atoms. The van der Waals surface area contributed by atoms with Crippen molar-refractivity contribution in [1.82, 2.24) is 15.1 Å². The first-order valence-electron chi connectivity index (χ1n) is 7.97. The van der Waals surface area contributed by atoms with Gasteiger partial charge < -0.3 is 14.7 Å². The van der Waals surface area contributed by atoms with Crippen LogP contribution in [0.4, 0.5) is 17.3 Å². The zero-order valence-electron chi connectivity index (χ0n) is 14.4. The Hall–Kier alpha value is -3.22. The second-order valence-electron chi connectivity index (χ2n) is 5.62. The molecule has 0 saturated carbocycles. The maximum absolute atomic E-state index is 12.2. The molecule has 0 saturated heterocycles. The molecule has 1 aromatic carbocycles. The van der Waals surface area contributed by atoms with Crippen LogP contribution in [0.15, 0.2) is 47.2 Å². The van der Waals surface area contributed by atoms with Crippen molar-refractivity contribution in [2.75, 3.05) is 16.8 Å². The summed E-state index contributed by atoms with van der Waals surface area (Å²) in [4.78, 5) is 22.8. The Kier molecular flexibility index (Phi) is 4.74. The third kappa shape index (κ3) is 3.82. The Morgan fingerprint density at radius 2 is 2.04 bits per heavy atom. The molecule has 7 heteroatoms. The van der Waals surface area contributed by atoms with Gasteiger partial charge >= 0.3 is 0 Å². The largest absolute Gasteiger partial charge is 0.360 e. The van der Waals surface area contributed by atoms with Crippen LogP contribution in [0, 0.1) is 13.8 Å². The number of aromatic nitrogens is 3. The van der Waals surface area contributed by atoms with Gasteiger partial charge in [-0.25, -0.2) is 9.97 Å².